The zero-order valence-corrected chi connectivity index (χ0v) is 19.0. The fourth-order valence-corrected chi connectivity index (χ4v) is 4.10. The average Bonchev–Trinajstić information content (AvgIpc) is 2.69. The van der Waals surface area contributed by atoms with Crippen LogP contribution in [0.25, 0.3) is 0 Å². The topological polar surface area (TPSA) is 132 Å². The molecule has 1 aliphatic rings. The van der Waals surface area contributed by atoms with Crippen LogP contribution < -0.4 is 0 Å². The third kappa shape index (κ3) is 6.62. The first-order valence-electron chi connectivity index (χ1n) is 9.70. The van der Waals surface area contributed by atoms with Crippen molar-refractivity contribution in [2.45, 2.75) is 63.1 Å². The molecule has 5 atom stereocenters. The van der Waals surface area contributed by atoms with E-state index < -0.39 is 65.2 Å². The Hall–Kier alpha value is -2.76. The second-order valence-electron chi connectivity index (χ2n) is 7.15. The molecule has 1 aromatic rings. The first-order valence-corrected chi connectivity index (χ1v) is 11.1. The van der Waals surface area contributed by atoms with Gasteiger partial charge in [0.05, 0.1) is 11.5 Å². The Morgan fingerprint density at radius 3 is 1.94 bits per heavy atom. The number of ether oxygens (including phenoxy) is 4. The maximum Gasteiger partial charge on any atom is 0.303 e. The summed E-state index contributed by atoms with van der Waals surface area (Å²) in [5, 5.41) is 0. The third-order valence-electron chi connectivity index (χ3n) is 4.51. The zero-order valence-electron chi connectivity index (χ0n) is 18.2. The van der Waals surface area contributed by atoms with Gasteiger partial charge in [-0.05, 0) is 19.1 Å². The number of hydrogen-bond donors (Lipinski definition) is 0. The Balaban J connectivity index is 2.34. The fourth-order valence-electron chi connectivity index (χ4n) is 3.18. The van der Waals surface area contributed by atoms with E-state index in [0.717, 1.165) is 26.3 Å². The Kier molecular flexibility index (Phi) is 8.53. The lowest BCUT2D eigenvalue weighted by Crippen LogP contribution is -2.61. The van der Waals surface area contributed by atoms with Gasteiger partial charge in [0.25, 0.3) is 10.1 Å². The SMILES string of the molecule is C=C[C@@H]1O[C@H](COS(=O)(=O)c2ccc(C)cc2)[C@@H](OC(C)=O)[C@H](OC(C)=O)[C@H]1OC(C)=O. The van der Waals surface area contributed by atoms with Crippen molar-refractivity contribution in [2.75, 3.05) is 6.61 Å². The molecular weight excluding hydrogens is 444 g/mol. The molecule has 0 N–H and O–H groups in total. The Morgan fingerprint density at radius 2 is 1.44 bits per heavy atom. The predicted molar refractivity (Wildman–Crippen MR) is 110 cm³/mol. The second-order valence-corrected chi connectivity index (χ2v) is 8.76. The number of carbonyl (C=O) groups is 3. The highest BCUT2D eigenvalue weighted by atomic mass is 32.2. The van der Waals surface area contributed by atoms with Crippen molar-refractivity contribution < 1.29 is 45.9 Å². The van der Waals surface area contributed by atoms with Gasteiger partial charge in [0.1, 0.15) is 12.2 Å². The summed E-state index contributed by atoms with van der Waals surface area (Å²) < 4.78 is 51.8. The molecule has 0 bridgehead atoms. The summed E-state index contributed by atoms with van der Waals surface area (Å²) in [4.78, 5) is 34.9. The van der Waals surface area contributed by atoms with E-state index in [9.17, 15) is 22.8 Å². The molecule has 2 rings (SSSR count). The molecule has 1 aliphatic heterocycles. The molecule has 0 saturated carbocycles. The standard InChI is InChI=1S/C21H26O10S/c1-6-17-19(28-13(3)22)21(30-15(5)24)20(29-14(4)23)18(31-17)11-27-32(25,26)16-9-7-12(2)8-10-16/h6-10,17-21H,1,11H2,2-5H3/t17-,18+,19-,20+,21+/m0/s1. The average molecular weight is 470 g/mol. The summed E-state index contributed by atoms with van der Waals surface area (Å²) in [6.07, 6.45) is -4.65. The van der Waals surface area contributed by atoms with Gasteiger partial charge >= 0.3 is 17.9 Å². The molecular formula is C21H26O10S. The number of rotatable bonds is 8. The minimum absolute atomic E-state index is 0.0717. The lowest BCUT2D eigenvalue weighted by Gasteiger charge is -2.43. The summed E-state index contributed by atoms with van der Waals surface area (Å²) in [6.45, 7) is 8.25. The first kappa shape index (κ1) is 25.5. The van der Waals surface area contributed by atoms with Gasteiger partial charge in [-0.2, -0.15) is 8.42 Å². The van der Waals surface area contributed by atoms with Gasteiger partial charge in [0, 0.05) is 20.8 Å². The summed E-state index contributed by atoms with van der Waals surface area (Å²) in [5.41, 5.74) is 0.865. The smallest absolute Gasteiger partial charge is 0.303 e. The Labute approximate surface area is 186 Å². The van der Waals surface area contributed by atoms with Crippen LogP contribution in [0.5, 0.6) is 0 Å². The van der Waals surface area contributed by atoms with Crippen LogP contribution in [0, 0.1) is 6.92 Å². The van der Waals surface area contributed by atoms with Crippen molar-refractivity contribution in [3.05, 3.63) is 42.5 Å². The minimum atomic E-state index is -4.17. The van der Waals surface area contributed by atoms with Gasteiger partial charge in [-0.15, -0.1) is 6.58 Å². The fraction of sp³-hybridized carbons (Fsp3) is 0.476. The summed E-state index contributed by atoms with van der Waals surface area (Å²) >= 11 is 0. The zero-order chi connectivity index (χ0) is 24.1. The number of carbonyl (C=O) groups excluding carboxylic acids is 3. The monoisotopic (exact) mass is 470 g/mol. The first-order chi connectivity index (χ1) is 14.9. The highest BCUT2D eigenvalue weighted by Gasteiger charge is 2.51. The molecule has 1 fully saturated rings. The molecule has 1 aromatic carbocycles. The maximum absolute atomic E-state index is 12.6. The minimum Gasteiger partial charge on any atom is -0.456 e. The Bertz CT molecular complexity index is 953. The molecule has 10 nitrogen and oxygen atoms in total. The van der Waals surface area contributed by atoms with E-state index in [0.29, 0.717) is 0 Å². The molecule has 32 heavy (non-hydrogen) atoms. The molecule has 1 heterocycles. The third-order valence-corrected chi connectivity index (χ3v) is 5.80. The number of hydrogen-bond acceptors (Lipinski definition) is 10. The maximum atomic E-state index is 12.6. The van der Waals surface area contributed by atoms with E-state index in [1.165, 1.54) is 18.2 Å². The van der Waals surface area contributed by atoms with Crippen LogP contribution in [0.2, 0.25) is 0 Å². The lowest BCUT2D eigenvalue weighted by molar-refractivity contribution is -0.241. The molecule has 0 aromatic heterocycles. The predicted octanol–water partition coefficient (Wildman–Crippen LogP) is 1.45. The molecule has 0 unspecified atom stereocenters. The van der Waals surface area contributed by atoms with Crippen LogP contribution in [0.4, 0.5) is 0 Å². The van der Waals surface area contributed by atoms with Gasteiger partial charge in [-0.25, -0.2) is 0 Å². The van der Waals surface area contributed by atoms with E-state index in [2.05, 4.69) is 6.58 Å². The number of esters is 3. The number of benzene rings is 1. The van der Waals surface area contributed by atoms with Crippen LogP contribution >= 0.6 is 0 Å². The van der Waals surface area contributed by atoms with E-state index >= 15 is 0 Å². The van der Waals surface area contributed by atoms with Gasteiger partial charge in [-0.1, -0.05) is 23.8 Å². The summed E-state index contributed by atoms with van der Waals surface area (Å²) in [5.74, 6) is -2.18. The molecule has 0 aliphatic carbocycles. The van der Waals surface area contributed by atoms with Gasteiger partial charge in [0.15, 0.2) is 18.3 Å². The van der Waals surface area contributed by atoms with Crippen LogP contribution in [-0.2, 0) is 47.6 Å². The van der Waals surface area contributed by atoms with Crippen LogP contribution in [0.15, 0.2) is 41.8 Å². The second kappa shape index (κ2) is 10.7. The van der Waals surface area contributed by atoms with Crippen molar-refractivity contribution in [3.63, 3.8) is 0 Å². The molecule has 176 valence electrons. The molecule has 1 saturated heterocycles. The van der Waals surface area contributed by atoms with Crippen molar-refractivity contribution >= 4 is 28.0 Å². The normalized spacial score (nSPS) is 25.4. The van der Waals surface area contributed by atoms with Crippen LogP contribution in [0.1, 0.15) is 26.3 Å². The van der Waals surface area contributed by atoms with E-state index in [1.807, 2.05) is 0 Å². The van der Waals surface area contributed by atoms with Crippen LogP contribution in [-0.4, -0.2) is 63.5 Å². The van der Waals surface area contributed by atoms with Crippen molar-refractivity contribution in [1.82, 2.24) is 0 Å². The highest BCUT2D eigenvalue weighted by molar-refractivity contribution is 7.86. The summed E-state index contributed by atoms with van der Waals surface area (Å²) in [6, 6.07) is 6.01. The van der Waals surface area contributed by atoms with E-state index in [4.69, 9.17) is 23.1 Å². The molecule has 11 heteroatoms. The van der Waals surface area contributed by atoms with Crippen molar-refractivity contribution in [2.24, 2.45) is 0 Å². The quantitative estimate of drug-likeness (QED) is 0.238. The lowest BCUT2D eigenvalue weighted by atomic mass is 9.94. The van der Waals surface area contributed by atoms with Gasteiger partial charge in [0.2, 0.25) is 0 Å². The largest absolute Gasteiger partial charge is 0.456 e. The molecule has 0 radical (unpaired) electrons. The highest BCUT2D eigenvalue weighted by Crippen LogP contribution is 2.30. The van der Waals surface area contributed by atoms with E-state index in [-0.39, 0.29) is 4.90 Å². The van der Waals surface area contributed by atoms with E-state index in [1.54, 1.807) is 19.1 Å². The molecule has 0 spiro atoms. The molecule has 0 amide bonds. The number of aryl methyl sites for hydroxylation is 1. The Morgan fingerprint density at radius 1 is 0.938 bits per heavy atom. The van der Waals surface area contributed by atoms with Crippen molar-refractivity contribution in [3.8, 4) is 0 Å². The van der Waals surface area contributed by atoms with Crippen molar-refractivity contribution in [1.29, 1.82) is 0 Å². The van der Waals surface area contributed by atoms with Crippen LogP contribution in [0.3, 0.4) is 0 Å². The summed E-state index contributed by atoms with van der Waals surface area (Å²) in [7, 11) is -4.17. The van der Waals surface area contributed by atoms with Gasteiger partial charge in [-0.3, -0.25) is 18.6 Å². The van der Waals surface area contributed by atoms with Gasteiger partial charge < -0.3 is 18.9 Å².